The first-order valence-corrected chi connectivity index (χ1v) is 3.46. The van der Waals surface area contributed by atoms with Crippen LogP contribution in [0.25, 0.3) is 0 Å². The van der Waals surface area contributed by atoms with Gasteiger partial charge in [-0.1, -0.05) is 20.3 Å². The Balaban J connectivity index is 0. The molecule has 0 radical (unpaired) electrons. The van der Waals surface area contributed by atoms with Crippen LogP contribution in [0.1, 0.15) is 20.3 Å². The predicted octanol–water partition coefficient (Wildman–Crippen LogP) is 0.421. The van der Waals surface area contributed by atoms with Crippen molar-refractivity contribution < 1.29 is 17.5 Å². The molecule has 0 fully saturated rings. The van der Waals surface area contributed by atoms with Crippen molar-refractivity contribution in [3.8, 4) is 0 Å². The van der Waals surface area contributed by atoms with Crippen LogP contribution in [-0.2, 0) is 10.4 Å². The Morgan fingerprint density at radius 1 is 1.50 bits per heavy atom. The second-order valence-corrected chi connectivity index (χ2v) is 1.99. The van der Waals surface area contributed by atoms with Gasteiger partial charge in [0.25, 0.3) is 0 Å². The third kappa shape index (κ3) is 8240. The summed E-state index contributed by atoms with van der Waals surface area (Å²) in [5.74, 6) is 0. The number of hydrogen-bond acceptors (Lipinski definition) is 3. The van der Waals surface area contributed by atoms with E-state index >= 15 is 0 Å². The van der Waals surface area contributed by atoms with Crippen LogP contribution in [0.5, 0.6) is 0 Å². The molecule has 0 rings (SSSR count). The van der Waals surface area contributed by atoms with Crippen molar-refractivity contribution >= 4 is 10.4 Å². The molecule has 0 unspecified atom stereocenters. The Labute approximate surface area is 49.1 Å². The Morgan fingerprint density at radius 2 is 1.50 bits per heavy atom. The number of hydrogen-bond donors (Lipinski definition) is 1. The van der Waals surface area contributed by atoms with Crippen molar-refractivity contribution in [3.63, 3.8) is 0 Å². The third-order valence-corrected chi connectivity index (χ3v) is 0. The van der Waals surface area contributed by atoms with Gasteiger partial charge in [-0.25, -0.2) is 8.42 Å². The van der Waals surface area contributed by atoms with Gasteiger partial charge in [-0.05, 0) is 0 Å². The lowest BCUT2D eigenvalue weighted by atomic mass is 10.6. The zero-order valence-electron chi connectivity index (χ0n) is 4.79. The highest BCUT2D eigenvalue weighted by Gasteiger charge is 1.67. The molecule has 0 spiro atoms. The molecule has 0 saturated carbocycles. The molecule has 0 aromatic rings. The summed E-state index contributed by atoms with van der Waals surface area (Å²) in [6.07, 6.45) is 1.25. The van der Waals surface area contributed by atoms with Crippen molar-refractivity contribution in [1.29, 1.82) is 0 Å². The summed E-state index contributed by atoms with van der Waals surface area (Å²) in [6.45, 7) is 4.25. The van der Waals surface area contributed by atoms with E-state index in [9.17, 15) is 0 Å². The van der Waals surface area contributed by atoms with Crippen molar-refractivity contribution in [2.75, 3.05) is 0 Å². The second kappa shape index (κ2) is 5.02. The van der Waals surface area contributed by atoms with E-state index in [1.165, 1.54) is 6.42 Å². The molecule has 0 heterocycles. The molecule has 0 bridgehead atoms. The van der Waals surface area contributed by atoms with E-state index in [4.69, 9.17) is 17.5 Å². The van der Waals surface area contributed by atoms with Crippen LogP contribution in [0, 0.1) is 0 Å². The van der Waals surface area contributed by atoms with Gasteiger partial charge in [-0.15, -0.1) is 0 Å². The van der Waals surface area contributed by atoms with E-state index < -0.39 is 10.4 Å². The maximum absolute atomic E-state index is 8.63. The van der Waals surface area contributed by atoms with Gasteiger partial charge in [-0.3, -0.25) is 4.55 Å². The van der Waals surface area contributed by atoms with Gasteiger partial charge in [0.15, 0.2) is 0 Å². The fourth-order valence-corrected chi connectivity index (χ4v) is 0. The Hall–Kier alpha value is -0.130. The standard InChI is InChI=1S/C3H8.H2O4S/c1-3-2;1-5(2,3)4/h3H2,1-2H3;(H2,1,2,3,4)/p-1. The number of rotatable bonds is 0. The first-order chi connectivity index (χ1) is 3.41. The lowest BCUT2D eigenvalue weighted by molar-refractivity contribution is 0.366. The summed E-state index contributed by atoms with van der Waals surface area (Å²) in [6, 6.07) is 0. The molecule has 8 heavy (non-hydrogen) atoms. The van der Waals surface area contributed by atoms with Crippen LogP contribution in [0.3, 0.4) is 0 Å². The fraction of sp³-hybridized carbons (Fsp3) is 1.00. The fourth-order valence-electron chi connectivity index (χ4n) is 0. The zero-order valence-corrected chi connectivity index (χ0v) is 5.60. The molecule has 1 N–H and O–H groups in total. The largest absolute Gasteiger partial charge is 0.726 e. The summed E-state index contributed by atoms with van der Waals surface area (Å²) in [4.78, 5) is 0. The smallest absolute Gasteiger partial charge is 0.215 e. The normalized spacial score (nSPS) is 9.50. The van der Waals surface area contributed by atoms with Crippen LogP contribution >= 0.6 is 0 Å². The molecule has 0 aliphatic heterocycles. The van der Waals surface area contributed by atoms with Crippen LogP contribution in [0.2, 0.25) is 0 Å². The van der Waals surface area contributed by atoms with E-state index in [2.05, 4.69) is 13.8 Å². The van der Waals surface area contributed by atoms with E-state index in [0.717, 1.165) is 0 Å². The lowest BCUT2D eigenvalue weighted by Crippen LogP contribution is -1.90. The van der Waals surface area contributed by atoms with Gasteiger partial charge in [0.2, 0.25) is 10.4 Å². The predicted molar refractivity (Wildman–Crippen MR) is 28.3 cm³/mol. The monoisotopic (exact) mass is 141 g/mol. The minimum absolute atomic E-state index is 1.25. The van der Waals surface area contributed by atoms with E-state index in [0.29, 0.717) is 0 Å². The first-order valence-electron chi connectivity index (χ1n) is 2.10. The molecule has 5 heteroatoms. The average Bonchev–Trinajstić information content (AvgIpc) is 1.27. The molecule has 0 amide bonds. The molecule has 0 aromatic carbocycles. The minimum atomic E-state index is -4.92. The maximum Gasteiger partial charge on any atom is 0.215 e. The SMILES string of the molecule is CCC.O=S(=O)([O-])O. The van der Waals surface area contributed by atoms with Crippen molar-refractivity contribution in [2.45, 2.75) is 20.3 Å². The topological polar surface area (TPSA) is 77.4 Å². The van der Waals surface area contributed by atoms with Crippen molar-refractivity contribution in [2.24, 2.45) is 0 Å². The lowest BCUT2D eigenvalue weighted by Gasteiger charge is -1.88. The zero-order chi connectivity index (χ0) is 7.21. The molecule has 0 aliphatic rings. The summed E-state index contributed by atoms with van der Waals surface area (Å²) >= 11 is 0. The van der Waals surface area contributed by atoms with Gasteiger partial charge in [-0.2, -0.15) is 0 Å². The van der Waals surface area contributed by atoms with Crippen LogP contribution in [0.4, 0.5) is 0 Å². The molecule has 0 aromatic heterocycles. The average molecular weight is 141 g/mol. The molecular formula is C3H9O4S-. The van der Waals surface area contributed by atoms with Gasteiger partial charge in [0, 0.05) is 0 Å². The van der Waals surface area contributed by atoms with Crippen molar-refractivity contribution in [1.82, 2.24) is 0 Å². The van der Waals surface area contributed by atoms with Gasteiger partial charge >= 0.3 is 0 Å². The van der Waals surface area contributed by atoms with Crippen LogP contribution < -0.4 is 0 Å². The summed E-state index contributed by atoms with van der Waals surface area (Å²) in [5, 5.41) is 0. The quantitative estimate of drug-likeness (QED) is 0.391. The van der Waals surface area contributed by atoms with Gasteiger partial charge < -0.3 is 4.55 Å². The molecular weight excluding hydrogens is 132 g/mol. The van der Waals surface area contributed by atoms with Gasteiger partial charge in [0.1, 0.15) is 0 Å². The highest BCUT2D eigenvalue weighted by molar-refractivity contribution is 7.79. The molecule has 0 atom stereocenters. The molecule has 0 saturated heterocycles. The van der Waals surface area contributed by atoms with Crippen molar-refractivity contribution in [3.05, 3.63) is 0 Å². The van der Waals surface area contributed by atoms with E-state index in [1.807, 2.05) is 0 Å². The van der Waals surface area contributed by atoms with Gasteiger partial charge in [0.05, 0.1) is 0 Å². The minimum Gasteiger partial charge on any atom is -0.726 e. The third-order valence-electron chi connectivity index (χ3n) is 0. The summed E-state index contributed by atoms with van der Waals surface area (Å²) < 4.78 is 32.8. The summed E-state index contributed by atoms with van der Waals surface area (Å²) in [5.41, 5.74) is 0. The first kappa shape index (κ1) is 10.8. The molecule has 52 valence electrons. The highest BCUT2D eigenvalue weighted by atomic mass is 32.3. The molecule has 4 nitrogen and oxygen atoms in total. The maximum atomic E-state index is 8.63. The van der Waals surface area contributed by atoms with E-state index in [-0.39, 0.29) is 0 Å². The Bertz CT molecular complexity index is 105. The Morgan fingerprint density at radius 3 is 1.50 bits per heavy atom. The van der Waals surface area contributed by atoms with E-state index in [1.54, 1.807) is 0 Å². The second-order valence-electron chi connectivity index (χ2n) is 1.13. The Kier molecular flexibility index (Phi) is 6.76. The van der Waals surface area contributed by atoms with Crippen LogP contribution in [-0.4, -0.2) is 17.5 Å². The highest BCUT2D eigenvalue weighted by Crippen LogP contribution is 1.58. The van der Waals surface area contributed by atoms with Crippen LogP contribution in [0.15, 0.2) is 0 Å². The molecule has 0 aliphatic carbocycles. The summed E-state index contributed by atoms with van der Waals surface area (Å²) in [7, 11) is -4.92.